The second-order valence-corrected chi connectivity index (χ2v) is 5.06. The van der Waals surface area contributed by atoms with Crippen molar-refractivity contribution in [3.63, 3.8) is 0 Å². The summed E-state index contributed by atoms with van der Waals surface area (Å²) in [4.78, 5) is 8.27. The number of nitrogens with one attached hydrogen (secondary N) is 1. The number of hydrogen-bond acceptors (Lipinski definition) is 5. The molecule has 1 aromatic heterocycles. The van der Waals surface area contributed by atoms with Crippen LogP contribution in [0.3, 0.4) is 0 Å². The van der Waals surface area contributed by atoms with Gasteiger partial charge in [0, 0.05) is 12.1 Å². The van der Waals surface area contributed by atoms with Gasteiger partial charge < -0.3 is 15.2 Å². The van der Waals surface area contributed by atoms with Crippen LogP contribution in [-0.4, -0.2) is 33.3 Å². The van der Waals surface area contributed by atoms with E-state index in [1.807, 2.05) is 19.9 Å². The van der Waals surface area contributed by atoms with E-state index >= 15 is 0 Å². The summed E-state index contributed by atoms with van der Waals surface area (Å²) in [5.41, 5.74) is 0. The normalized spacial score (nSPS) is 24.0. The Labute approximate surface area is 108 Å². The first kappa shape index (κ1) is 13.1. The molecule has 0 saturated heterocycles. The van der Waals surface area contributed by atoms with E-state index in [-0.39, 0.29) is 12.2 Å². The lowest BCUT2D eigenvalue weighted by Crippen LogP contribution is -2.28. The Morgan fingerprint density at radius 1 is 1.28 bits per heavy atom. The molecule has 0 atom stereocenters. The molecule has 1 aliphatic carbocycles. The van der Waals surface area contributed by atoms with E-state index in [1.165, 1.54) is 6.33 Å². The van der Waals surface area contributed by atoms with Gasteiger partial charge in [0.1, 0.15) is 12.1 Å². The first-order valence-corrected chi connectivity index (χ1v) is 6.57. The lowest BCUT2D eigenvalue weighted by atomic mass is 9.93. The number of hydrogen-bond donors (Lipinski definition) is 2. The van der Waals surface area contributed by atoms with E-state index in [1.54, 1.807) is 0 Å². The molecule has 1 saturated carbocycles. The smallest absolute Gasteiger partial charge is 0.218 e. The van der Waals surface area contributed by atoms with Gasteiger partial charge in [-0.15, -0.1) is 0 Å². The third-order valence-corrected chi connectivity index (χ3v) is 3.05. The molecule has 0 aliphatic heterocycles. The molecular formula is C13H21N3O2. The highest BCUT2D eigenvalue weighted by molar-refractivity contribution is 5.38. The molecule has 18 heavy (non-hydrogen) atoms. The van der Waals surface area contributed by atoms with Crippen LogP contribution in [0.2, 0.25) is 0 Å². The minimum Gasteiger partial charge on any atom is -0.475 e. The van der Waals surface area contributed by atoms with Gasteiger partial charge in [-0.25, -0.2) is 9.97 Å². The highest BCUT2D eigenvalue weighted by Crippen LogP contribution is 2.22. The Hall–Kier alpha value is -1.36. The summed E-state index contributed by atoms with van der Waals surface area (Å²) in [6.07, 6.45) is 5.16. The van der Waals surface area contributed by atoms with Crippen molar-refractivity contribution >= 4 is 5.82 Å². The predicted molar refractivity (Wildman–Crippen MR) is 69.7 cm³/mol. The van der Waals surface area contributed by atoms with Gasteiger partial charge in [0.15, 0.2) is 0 Å². The van der Waals surface area contributed by atoms with Crippen molar-refractivity contribution in [1.29, 1.82) is 0 Å². The number of aliphatic hydroxyl groups excluding tert-OH is 1. The number of rotatable bonds is 4. The Bertz CT molecular complexity index is 376. The van der Waals surface area contributed by atoms with Crippen molar-refractivity contribution in [3.05, 3.63) is 12.4 Å². The molecule has 5 heteroatoms. The van der Waals surface area contributed by atoms with E-state index in [2.05, 4.69) is 15.3 Å². The highest BCUT2D eigenvalue weighted by Gasteiger charge is 2.19. The monoisotopic (exact) mass is 251 g/mol. The van der Waals surface area contributed by atoms with Gasteiger partial charge in [-0.05, 0) is 39.5 Å². The molecule has 1 aliphatic rings. The zero-order valence-electron chi connectivity index (χ0n) is 11.0. The second kappa shape index (κ2) is 6.00. The molecule has 1 heterocycles. The molecular weight excluding hydrogens is 230 g/mol. The summed E-state index contributed by atoms with van der Waals surface area (Å²) in [6.45, 7) is 3.94. The van der Waals surface area contributed by atoms with Gasteiger partial charge in [-0.3, -0.25) is 0 Å². The molecule has 0 radical (unpaired) electrons. The molecule has 0 bridgehead atoms. The maximum Gasteiger partial charge on any atom is 0.218 e. The van der Waals surface area contributed by atoms with Crippen LogP contribution in [0.4, 0.5) is 5.82 Å². The number of aromatic nitrogens is 2. The third-order valence-electron chi connectivity index (χ3n) is 3.05. The van der Waals surface area contributed by atoms with Crippen LogP contribution in [0.1, 0.15) is 39.5 Å². The maximum absolute atomic E-state index is 9.46. The van der Waals surface area contributed by atoms with Crippen molar-refractivity contribution in [2.75, 3.05) is 5.32 Å². The van der Waals surface area contributed by atoms with Crippen molar-refractivity contribution in [2.24, 2.45) is 0 Å². The second-order valence-electron chi connectivity index (χ2n) is 5.06. The Morgan fingerprint density at radius 2 is 2.00 bits per heavy atom. The van der Waals surface area contributed by atoms with Crippen molar-refractivity contribution < 1.29 is 9.84 Å². The van der Waals surface area contributed by atoms with Crippen molar-refractivity contribution in [2.45, 2.75) is 57.8 Å². The summed E-state index contributed by atoms with van der Waals surface area (Å²) < 4.78 is 5.53. The summed E-state index contributed by atoms with van der Waals surface area (Å²) in [7, 11) is 0. The van der Waals surface area contributed by atoms with Gasteiger partial charge in [0.2, 0.25) is 5.88 Å². The standard InChI is InChI=1S/C13H21N3O2/c1-9(2)18-13-7-12(14-8-15-13)16-10-3-5-11(17)6-4-10/h7-11,17H,3-6H2,1-2H3,(H,14,15,16). The fourth-order valence-electron chi connectivity index (χ4n) is 2.15. The number of ether oxygens (including phenoxy) is 1. The van der Waals surface area contributed by atoms with Crippen LogP contribution in [0.25, 0.3) is 0 Å². The topological polar surface area (TPSA) is 67.3 Å². The van der Waals surface area contributed by atoms with Crippen LogP contribution >= 0.6 is 0 Å². The van der Waals surface area contributed by atoms with Gasteiger partial charge in [-0.1, -0.05) is 0 Å². The highest BCUT2D eigenvalue weighted by atomic mass is 16.5. The van der Waals surface area contributed by atoms with E-state index in [0.29, 0.717) is 11.9 Å². The van der Waals surface area contributed by atoms with E-state index in [0.717, 1.165) is 31.5 Å². The molecule has 1 aromatic rings. The summed E-state index contributed by atoms with van der Waals surface area (Å²) >= 11 is 0. The molecule has 0 unspecified atom stereocenters. The average molecular weight is 251 g/mol. The SMILES string of the molecule is CC(C)Oc1cc(NC2CCC(O)CC2)ncn1. The summed E-state index contributed by atoms with van der Waals surface area (Å²) in [6, 6.07) is 2.21. The minimum atomic E-state index is -0.131. The summed E-state index contributed by atoms with van der Waals surface area (Å²) in [5, 5.41) is 12.8. The Balaban J connectivity index is 1.92. The van der Waals surface area contributed by atoms with Gasteiger partial charge in [0.05, 0.1) is 12.2 Å². The Morgan fingerprint density at radius 3 is 2.67 bits per heavy atom. The maximum atomic E-state index is 9.46. The van der Waals surface area contributed by atoms with Crippen LogP contribution in [0.5, 0.6) is 5.88 Å². The molecule has 0 amide bonds. The van der Waals surface area contributed by atoms with E-state index < -0.39 is 0 Å². The Kier molecular flexibility index (Phi) is 4.36. The van der Waals surface area contributed by atoms with Crippen LogP contribution < -0.4 is 10.1 Å². The lowest BCUT2D eigenvalue weighted by Gasteiger charge is -2.26. The van der Waals surface area contributed by atoms with Crippen LogP contribution in [-0.2, 0) is 0 Å². The van der Waals surface area contributed by atoms with Crippen molar-refractivity contribution in [1.82, 2.24) is 9.97 Å². The largest absolute Gasteiger partial charge is 0.475 e. The van der Waals surface area contributed by atoms with Gasteiger partial charge in [-0.2, -0.15) is 0 Å². The minimum absolute atomic E-state index is 0.109. The molecule has 0 spiro atoms. The fraction of sp³-hybridized carbons (Fsp3) is 0.692. The lowest BCUT2D eigenvalue weighted by molar-refractivity contribution is 0.126. The number of aliphatic hydroxyl groups is 1. The molecule has 0 aromatic carbocycles. The van der Waals surface area contributed by atoms with E-state index in [9.17, 15) is 5.11 Å². The molecule has 1 fully saturated rings. The first-order chi connectivity index (χ1) is 8.63. The zero-order chi connectivity index (χ0) is 13.0. The fourth-order valence-corrected chi connectivity index (χ4v) is 2.15. The van der Waals surface area contributed by atoms with Crippen molar-refractivity contribution in [3.8, 4) is 5.88 Å². The van der Waals surface area contributed by atoms with Gasteiger partial charge >= 0.3 is 0 Å². The zero-order valence-corrected chi connectivity index (χ0v) is 11.0. The molecule has 2 N–H and O–H groups in total. The number of anilines is 1. The van der Waals surface area contributed by atoms with Gasteiger partial charge in [0.25, 0.3) is 0 Å². The third kappa shape index (κ3) is 3.84. The molecule has 2 rings (SSSR count). The first-order valence-electron chi connectivity index (χ1n) is 6.57. The number of nitrogens with zero attached hydrogens (tertiary/aromatic N) is 2. The summed E-state index contributed by atoms with van der Waals surface area (Å²) in [5.74, 6) is 1.39. The van der Waals surface area contributed by atoms with E-state index in [4.69, 9.17) is 4.74 Å². The average Bonchev–Trinajstić information content (AvgIpc) is 2.32. The quantitative estimate of drug-likeness (QED) is 0.856. The molecule has 100 valence electrons. The predicted octanol–water partition coefficient (Wildman–Crippen LogP) is 1.98. The van der Waals surface area contributed by atoms with Crippen LogP contribution in [0, 0.1) is 0 Å². The molecule has 5 nitrogen and oxygen atoms in total. The van der Waals surface area contributed by atoms with Crippen LogP contribution in [0.15, 0.2) is 12.4 Å².